The molecule has 0 aliphatic carbocycles. The van der Waals surface area contributed by atoms with Crippen LogP contribution in [0.3, 0.4) is 0 Å². The van der Waals surface area contributed by atoms with E-state index >= 15 is 0 Å². The largest absolute Gasteiger partial charge is 0.494 e. The lowest BCUT2D eigenvalue weighted by atomic mass is 10.0. The summed E-state index contributed by atoms with van der Waals surface area (Å²) < 4.78 is 16.4. The van der Waals surface area contributed by atoms with Crippen molar-refractivity contribution >= 4 is 40.8 Å². The van der Waals surface area contributed by atoms with E-state index in [2.05, 4.69) is 6.07 Å². The average molecular weight is 482 g/mol. The van der Waals surface area contributed by atoms with Gasteiger partial charge < -0.3 is 14.2 Å². The molecule has 0 heterocycles. The summed E-state index contributed by atoms with van der Waals surface area (Å²) in [5.41, 5.74) is 1.95. The van der Waals surface area contributed by atoms with Gasteiger partial charge in [-0.3, -0.25) is 4.79 Å². The predicted octanol–water partition coefficient (Wildman–Crippen LogP) is 6.83. The summed E-state index contributed by atoms with van der Waals surface area (Å²) in [5, 5.41) is 10.8. The molecule has 0 saturated heterocycles. The third kappa shape index (κ3) is 7.28. The number of esters is 1. The van der Waals surface area contributed by atoms with Crippen molar-refractivity contribution < 1.29 is 19.0 Å². The van der Waals surface area contributed by atoms with Crippen LogP contribution in [-0.2, 0) is 4.79 Å². The number of nitrogens with zero attached hydrogens (tertiary/aromatic N) is 1. The van der Waals surface area contributed by atoms with Gasteiger partial charge in [-0.25, -0.2) is 0 Å². The molecule has 5 nitrogen and oxygen atoms in total. The minimum Gasteiger partial charge on any atom is -0.494 e. The maximum atomic E-state index is 12.2. The van der Waals surface area contributed by atoms with E-state index in [1.165, 1.54) is 7.11 Å². The number of rotatable bonds is 9. The Hall–Kier alpha value is -3.46. The van der Waals surface area contributed by atoms with Crippen LogP contribution in [0.15, 0.2) is 66.7 Å². The lowest BCUT2D eigenvalue weighted by Crippen LogP contribution is -2.10. The van der Waals surface area contributed by atoms with Crippen LogP contribution in [0.1, 0.15) is 24.0 Å². The first-order valence-corrected chi connectivity index (χ1v) is 10.9. The molecular formula is C26H21Cl2NO4. The smallest absolute Gasteiger partial charge is 0.311 e. The molecule has 0 radical (unpaired) electrons. The van der Waals surface area contributed by atoms with E-state index in [0.717, 1.165) is 11.1 Å². The summed E-state index contributed by atoms with van der Waals surface area (Å²) in [7, 11) is 1.49. The van der Waals surface area contributed by atoms with Gasteiger partial charge in [0, 0.05) is 16.5 Å². The maximum Gasteiger partial charge on any atom is 0.311 e. The molecule has 3 aromatic carbocycles. The van der Waals surface area contributed by atoms with Crippen molar-refractivity contribution in [1.29, 1.82) is 5.26 Å². The van der Waals surface area contributed by atoms with Crippen LogP contribution in [0, 0.1) is 11.3 Å². The van der Waals surface area contributed by atoms with Gasteiger partial charge in [-0.1, -0.05) is 41.4 Å². The molecule has 0 fully saturated rings. The first kappa shape index (κ1) is 24.2. The molecule has 7 heteroatoms. The van der Waals surface area contributed by atoms with Gasteiger partial charge in [0.1, 0.15) is 5.75 Å². The molecule has 0 aliphatic heterocycles. The Bertz CT molecular complexity index is 1170. The van der Waals surface area contributed by atoms with E-state index < -0.39 is 5.97 Å². The highest BCUT2D eigenvalue weighted by Gasteiger charge is 2.11. The lowest BCUT2D eigenvalue weighted by Gasteiger charge is -2.11. The maximum absolute atomic E-state index is 12.2. The van der Waals surface area contributed by atoms with Gasteiger partial charge in [0.2, 0.25) is 0 Å². The Morgan fingerprint density at radius 2 is 1.64 bits per heavy atom. The van der Waals surface area contributed by atoms with Gasteiger partial charge in [-0.15, -0.1) is 0 Å². The minimum atomic E-state index is -0.393. The van der Waals surface area contributed by atoms with Gasteiger partial charge in [-0.05, 0) is 72.2 Å². The molecule has 3 aromatic rings. The second-order valence-corrected chi connectivity index (χ2v) is 7.84. The summed E-state index contributed by atoms with van der Waals surface area (Å²) in [4.78, 5) is 12.2. The van der Waals surface area contributed by atoms with E-state index in [1.807, 2.05) is 0 Å². The molecule has 0 spiro atoms. The molecule has 0 bridgehead atoms. The first-order valence-electron chi connectivity index (χ1n) is 10.1. The van der Waals surface area contributed by atoms with Crippen molar-refractivity contribution in [3.8, 4) is 23.3 Å². The van der Waals surface area contributed by atoms with E-state index in [1.54, 1.807) is 72.8 Å². The molecule has 0 aromatic heterocycles. The Balaban J connectivity index is 1.59. The molecule has 0 saturated carbocycles. The Kier molecular flexibility index (Phi) is 8.77. The second-order valence-electron chi connectivity index (χ2n) is 6.97. The van der Waals surface area contributed by atoms with Gasteiger partial charge >= 0.3 is 5.97 Å². The van der Waals surface area contributed by atoms with Crippen molar-refractivity contribution in [2.75, 3.05) is 13.7 Å². The van der Waals surface area contributed by atoms with Crippen LogP contribution in [0.25, 0.3) is 11.6 Å². The normalized spacial score (nSPS) is 10.9. The zero-order valence-corrected chi connectivity index (χ0v) is 19.4. The van der Waals surface area contributed by atoms with Gasteiger partial charge in [0.15, 0.2) is 11.5 Å². The van der Waals surface area contributed by atoms with Gasteiger partial charge in [-0.2, -0.15) is 5.26 Å². The molecule has 0 amide bonds. The fraction of sp³-hybridized carbons (Fsp3) is 0.154. The molecule has 168 valence electrons. The second kappa shape index (κ2) is 12.0. The standard InChI is InChI=1S/C26H21Cl2NO4/c1-31-25-16-18(15-20(17-29)19-5-7-21(27)8-6-19)4-13-24(25)33-26(30)3-2-14-32-23-11-9-22(28)10-12-23/h4-13,15-16H,2-3,14H2,1H3. The molecule has 0 unspecified atom stereocenters. The van der Waals surface area contributed by atoms with E-state index in [-0.39, 0.29) is 6.42 Å². The van der Waals surface area contributed by atoms with Gasteiger partial charge in [0.25, 0.3) is 0 Å². The topological polar surface area (TPSA) is 68.5 Å². The van der Waals surface area contributed by atoms with Crippen LogP contribution in [0.4, 0.5) is 0 Å². The number of hydrogen-bond donors (Lipinski definition) is 0. The van der Waals surface area contributed by atoms with Gasteiger partial charge in [0.05, 0.1) is 25.4 Å². The summed E-state index contributed by atoms with van der Waals surface area (Å²) >= 11 is 11.8. The zero-order chi connectivity index (χ0) is 23.6. The van der Waals surface area contributed by atoms with Crippen LogP contribution < -0.4 is 14.2 Å². The summed E-state index contributed by atoms with van der Waals surface area (Å²) in [6, 6.07) is 21.3. The monoisotopic (exact) mass is 481 g/mol. The SMILES string of the molecule is COc1cc(C=C(C#N)c2ccc(Cl)cc2)ccc1OC(=O)CCCOc1ccc(Cl)cc1. The third-order valence-corrected chi connectivity index (χ3v) is 5.11. The van der Waals surface area contributed by atoms with Crippen LogP contribution in [0.5, 0.6) is 17.2 Å². The Labute approximate surface area is 202 Å². The quantitative estimate of drug-likeness (QED) is 0.110. The van der Waals surface area contributed by atoms with Crippen molar-refractivity contribution in [2.24, 2.45) is 0 Å². The molecule has 3 rings (SSSR count). The molecular weight excluding hydrogens is 461 g/mol. The van der Waals surface area contributed by atoms with Crippen LogP contribution >= 0.6 is 23.2 Å². The van der Waals surface area contributed by atoms with Crippen molar-refractivity contribution in [3.05, 3.63) is 87.9 Å². The molecule has 33 heavy (non-hydrogen) atoms. The van der Waals surface area contributed by atoms with Crippen molar-refractivity contribution in [2.45, 2.75) is 12.8 Å². The number of carbonyl (C=O) groups excluding carboxylic acids is 1. The highest BCUT2D eigenvalue weighted by Crippen LogP contribution is 2.30. The highest BCUT2D eigenvalue weighted by atomic mass is 35.5. The average Bonchev–Trinajstić information content (AvgIpc) is 2.83. The predicted molar refractivity (Wildman–Crippen MR) is 130 cm³/mol. The summed E-state index contributed by atoms with van der Waals surface area (Å²) in [5.74, 6) is 0.995. The fourth-order valence-corrected chi connectivity index (χ4v) is 3.20. The Morgan fingerprint density at radius 3 is 2.27 bits per heavy atom. The van der Waals surface area contributed by atoms with Crippen LogP contribution in [-0.4, -0.2) is 19.7 Å². The first-order chi connectivity index (χ1) is 16.0. The highest BCUT2D eigenvalue weighted by molar-refractivity contribution is 6.30. The van der Waals surface area contributed by atoms with E-state index in [9.17, 15) is 10.1 Å². The number of methoxy groups -OCH3 is 1. The fourth-order valence-electron chi connectivity index (χ4n) is 2.95. The molecule has 0 N–H and O–H groups in total. The van der Waals surface area contributed by atoms with E-state index in [0.29, 0.717) is 45.9 Å². The number of hydrogen-bond acceptors (Lipinski definition) is 5. The molecule has 0 atom stereocenters. The molecule has 0 aliphatic rings. The minimum absolute atomic E-state index is 0.188. The number of allylic oxidation sites excluding steroid dienone is 1. The number of halogens is 2. The van der Waals surface area contributed by atoms with Crippen molar-refractivity contribution in [1.82, 2.24) is 0 Å². The van der Waals surface area contributed by atoms with Crippen LogP contribution in [0.2, 0.25) is 10.0 Å². The summed E-state index contributed by atoms with van der Waals surface area (Å²) in [6.07, 6.45) is 2.41. The lowest BCUT2D eigenvalue weighted by molar-refractivity contribution is -0.134. The zero-order valence-electron chi connectivity index (χ0n) is 17.9. The van der Waals surface area contributed by atoms with Crippen molar-refractivity contribution in [3.63, 3.8) is 0 Å². The number of carbonyl (C=O) groups is 1. The number of nitriles is 1. The third-order valence-electron chi connectivity index (χ3n) is 4.61. The summed E-state index contributed by atoms with van der Waals surface area (Å²) in [6.45, 7) is 0.374. The van der Waals surface area contributed by atoms with E-state index in [4.69, 9.17) is 37.4 Å². The number of ether oxygens (including phenoxy) is 3. The number of benzene rings is 3. The Morgan fingerprint density at radius 1 is 0.970 bits per heavy atom.